The zero-order valence-corrected chi connectivity index (χ0v) is 14.3. The summed E-state index contributed by atoms with van der Waals surface area (Å²) in [7, 11) is 0. The van der Waals surface area contributed by atoms with Crippen LogP contribution >= 0.6 is 0 Å². The van der Waals surface area contributed by atoms with Gasteiger partial charge in [-0.3, -0.25) is 9.48 Å². The van der Waals surface area contributed by atoms with Crippen LogP contribution in [0.4, 0.5) is 0 Å². The van der Waals surface area contributed by atoms with Crippen LogP contribution in [0.25, 0.3) is 5.69 Å². The van der Waals surface area contributed by atoms with Crippen LogP contribution in [-0.4, -0.2) is 42.7 Å². The van der Waals surface area contributed by atoms with E-state index in [1.54, 1.807) is 23.3 Å². The Balaban J connectivity index is 1.38. The molecule has 2 aromatic heterocycles. The topological polar surface area (TPSA) is 85.0 Å². The molecule has 1 unspecified atom stereocenters. The lowest BCUT2D eigenvalue weighted by Gasteiger charge is -2.15. The van der Waals surface area contributed by atoms with Crippen LogP contribution in [0.5, 0.6) is 0 Å². The van der Waals surface area contributed by atoms with E-state index in [1.807, 2.05) is 47.3 Å². The maximum absolute atomic E-state index is 12.5. The van der Waals surface area contributed by atoms with Crippen molar-refractivity contribution in [1.82, 2.24) is 24.9 Å². The number of carbonyl (C=O) groups is 1. The molecule has 2 heterocycles. The normalized spacial score (nSPS) is 22.4. The van der Waals surface area contributed by atoms with E-state index in [0.29, 0.717) is 17.9 Å². The molecule has 7 heteroatoms. The van der Waals surface area contributed by atoms with E-state index in [0.717, 1.165) is 18.7 Å². The van der Waals surface area contributed by atoms with Crippen LogP contribution in [0.2, 0.25) is 0 Å². The summed E-state index contributed by atoms with van der Waals surface area (Å²) in [6.07, 6.45) is 7.76. The standard InChI is InChI=1S/C19H21N5O2/c25-18-10-14(12-23-8-4-7-20-23)9-17(18)22-19(26)15-11-21-24(13-15)16-5-2-1-3-6-16/h1-8,11,13-14,17-18,25H,9-10,12H2,(H,22,26)/t14?,17-,18-/m1/s1. The Morgan fingerprint density at radius 3 is 2.81 bits per heavy atom. The molecule has 3 atom stereocenters. The summed E-state index contributed by atoms with van der Waals surface area (Å²) in [6, 6.07) is 11.3. The lowest BCUT2D eigenvalue weighted by atomic mass is 10.1. The largest absolute Gasteiger partial charge is 0.391 e. The molecule has 0 bridgehead atoms. The van der Waals surface area contributed by atoms with Crippen molar-refractivity contribution in [1.29, 1.82) is 0 Å². The Bertz CT molecular complexity index is 859. The molecule has 1 aliphatic carbocycles. The van der Waals surface area contributed by atoms with E-state index in [1.165, 1.54) is 0 Å². The number of rotatable bonds is 5. The quantitative estimate of drug-likeness (QED) is 0.732. The lowest BCUT2D eigenvalue weighted by molar-refractivity contribution is 0.0872. The SMILES string of the molecule is O=C(N[C@@H]1CC(Cn2cccn2)C[C@H]1O)c1cnn(-c2ccccc2)c1. The van der Waals surface area contributed by atoms with Crippen LogP contribution in [-0.2, 0) is 6.54 Å². The number of nitrogens with zero attached hydrogens (tertiary/aromatic N) is 4. The van der Waals surface area contributed by atoms with Gasteiger partial charge in [-0.2, -0.15) is 10.2 Å². The molecule has 0 spiro atoms. The fourth-order valence-electron chi connectivity index (χ4n) is 3.51. The third-order valence-electron chi connectivity index (χ3n) is 4.81. The summed E-state index contributed by atoms with van der Waals surface area (Å²) in [5.74, 6) is 0.0817. The van der Waals surface area contributed by atoms with Gasteiger partial charge in [0.1, 0.15) is 0 Å². The number of amides is 1. The minimum absolute atomic E-state index is 0.212. The van der Waals surface area contributed by atoms with Gasteiger partial charge in [0.15, 0.2) is 0 Å². The molecule has 3 aromatic rings. The summed E-state index contributed by atoms with van der Waals surface area (Å²) in [5, 5.41) is 21.7. The molecule has 0 saturated heterocycles. The maximum atomic E-state index is 12.5. The van der Waals surface area contributed by atoms with Crippen molar-refractivity contribution in [3.63, 3.8) is 0 Å². The number of carbonyl (C=O) groups excluding carboxylic acids is 1. The van der Waals surface area contributed by atoms with E-state index >= 15 is 0 Å². The zero-order chi connectivity index (χ0) is 17.9. The van der Waals surface area contributed by atoms with Gasteiger partial charge < -0.3 is 10.4 Å². The molecule has 0 aliphatic heterocycles. The second-order valence-electron chi connectivity index (χ2n) is 6.72. The average Bonchev–Trinajstić information content (AvgIpc) is 3.38. The summed E-state index contributed by atoms with van der Waals surface area (Å²) in [6.45, 7) is 0.752. The van der Waals surface area contributed by atoms with Gasteiger partial charge in [0.25, 0.3) is 5.91 Å². The number of aliphatic hydroxyl groups excluding tert-OH is 1. The van der Waals surface area contributed by atoms with Gasteiger partial charge in [-0.1, -0.05) is 18.2 Å². The van der Waals surface area contributed by atoms with Crippen LogP contribution in [0.1, 0.15) is 23.2 Å². The summed E-state index contributed by atoms with van der Waals surface area (Å²) in [5.41, 5.74) is 1.38. The maximum Gasteiger partial charge on any atom is 0.254 e. The number of aromatic nitrogens is 4. The first-order valence-corrected chi connectivity index (χ1v) is 8.75. The van der Waals surface area contributed by atoms with Crippen LogP contribution < -0.4 is 5.32 Å². The molecule has 1 aromatic carbocycles. The summed E-state index contributed by atoms with van der Waals surface area (Å²) in [4.78, 5) is 12.5. The first-order valence-electron chi connectivity index (χ1n) is 8.75. The number of nitrogens with one attached hydrogen (secondary N) is 1. The van der Waals surface area contributed by atoms with Crippen molar-refractivity contribution in [2.24, 2.45) is 5.92 Å². The van der Waals surface area contributed by atoms with Gasteiger partial charge >= 0.3 is 0 Å². The van der Waals surface area contributed by atoms with E-state index < -0.39 is 6.10 Å². The summed E-state index contributed by atoms with van der Waals surface area (Å²) >= 11 is 0. The van der Waals surface area contributed by atoms with Crippen molar-refractivity contribution in [3.8, 4) is 5.69 Å². The van der Waals surface area contributed by atoms with Gasteiger partial charge in [0.05, 0.1) is 29.6 Å². The molecule has 1 saturated carbocycles. The van der Waals surface area contributed by atoms with Crippen molar-refractivity contribution in [2.75, 3.05) is 0 Å². The second-order valence-corrected chi connectivity index (χ2v) is 6.72. The van der Waals surface area contributed by atoms with E-state index in [4.69, 9.17) is 0 Å². The first-order chi connectivity index (χ1) is 12.7. The second kappa shape index (κ2) is 7.13. The zero-order valence-electron chi connectivity index (χ0n) is 14.3. The molecule has 0 radical (unpaired) electrons. The lowest BCUT2D eigenvalue weighted by Crippen LogP contribution is -2.39. The van der Waals surface area contributed by atoms with E-state index in [9.17, 15) is 9.90 Å². The predicted octanol–water partition coefficient (Wildman–Crippen LogP) is 1.64. The Morgan fingerprint density at radius 1 is 1.19 bits per heavy atom. The minimum Gasteiger partial charge on any atom is -0.391 e. The van der Waals surface area contributed by atoms with E-state index in [2.05, 4.69) is 15.5 Å². The molecule has 4 rings (SSSR count). The molecule has 1 amide bonds. The third-order valence-corrected chi connectivity index (χ3v) is 4.81. The molecule has 134 valence electrons. The number of hydrogen-bond acceptors (Lipinski definition) is 4. The number of para-hydroxylation sites is 1. The third kappa shape index (κ3) is 3.52. The fourth-order valence-corrected chi connectivity index (χ4v) is 3.51. The van der Waals surface area contributed by atoms with Gasteiger partial charge in [-0.05, 0) is 37.0 Å². The Hall–Kier alpha value is -2.93. The van der Waals surface area contributed by atoms with Crippen LogP contribution in [0, 0.1) is 5.92 Å². The van der Waals surface area contributed by atoms with Crippen LogP contribution in [0.3, 0.4) is 0 Å². The van der Waals surface area contributed by atoms with Crippen LogP contribution in [0.15, 0.2) is 61.2 Å². The molecular weight excluding hydrogens is 330 g/mol. The van der Waals surface area contributed by atoms with Crippen molar-refractivity contribution in [2.45, 2.75) is 31.5 Å². The Morgan fingerprint density at radius 2 is 2.04 bits per heavy atom. The van der Waals surface area contributed by atoms with Crippen molar-refractivity contribution < 1.29 is 9.90 Å². The fraction of sp³-hybridized carbons (Fsp3) is 0.316. The Labute approximate surface area is 151 Å². The highest BCUT2D eigenvalue weighted by molar-refractivity contribution is 5.94. The molecule has 26 heavy (non-hydrogen) atoms. The van der Waals surface area contributed by atoms with Gasteiger partial charge in [0.2, 0.25) is 0 Å². The van der Waals surface area contributed by atoms with Crippen molar-refractivity contribution >= 4 is 5.91 Å². The predicted molar refractivity (Wildman–Crippen MR) is 95.8 cm³/mol. The molecule has 2 N–H and O–H groups in total. The number of aliphatic hydroxyl groups is 1. The summed E-state index contributed by atoms with van der Waals surface area (Å²) < 4.78 is 3.53. The Kier molecular flexibility index (Phi) is 4.53. The minimum atomic E-state index is -0.538. The van der Waals surface area contributed by atoms with Gasteiger partial charge in [-0.15, -0.1) is 0 Å². The number of hydrogen-bond donors (Lipinski definition) is 2. The molecular formula is C19H21N5O2. The highest BCUT2D eigenvalue weighted by atomic mass is 16.3. The number of benzene rings is 1. The van der Waals surface area contributed by atoms with E-state index in [-0.39, 0.29) is 11.9 Å². The molecule has 1 fully saturated rings. The monoisotopic (exact) mass is 351 g/mol. The molecule has 7 nitrogen and oxygen atoms in total. The first kappa shape index (κ1) is 16.5. The molecule has 1 aliphatic rings. The van der Waals surface area contributed by atoms with Gasteiger partial charge in [0, 0.05) is 25.1 Å². The van der Waals surface area contributed by atoms with Crippen molar-refractivity contribution in [3.05, 3.63) is 66.7 Å². The highest BCUT2D eigenvalue weighted by Crippen LogP contribution is 2.27. The smallest absolute Gasteiger partial charge is 0.254 e. The average molecular weight is 351 g/mol. The van der Waals surface area contributed by atoms with Gasteiger partial charge in [-0.25, -0.2) is 4.68 Å². The highest BCUT2D eigenvalue weighted by Gasteiger charge is 2.34.